The largest absolute Gasteiger partial charge is 0.330 e. The Morgan fingerprint density at radius 3 is 2.76 bits per heavy atom. The molecule has 2 N–H and O–H groups in total. The van der Waals surface area contributed by atoms with E-state index in [1.807, 2.05) is 0 Å². The van der Waals surface area contributed by atoms with Crippen molar-refractivity contribution in [1.29, 1.82) is 0 Å². The predicted octanol–water partition coefficient (Wildman–Crippen LogP) is 2.24. The molecule has 17 heavy (non-hydrogen) atoms. The molecule has 0 saturated heterocycles. The molecule has 1 aliphatic rings. The standard InChI is InChI=1S/C13H24N4/c1-2-3-4-5-10-17-13(11-6-7-11)12(8-9-14)15-16-17/h11H,2-10,14H2,1H3. The lowest BCUT2D eigenvalue weighted by Crippen LogP contribution is -2.08. The lowest BCUT2D eigenvalue weighted by Gasteiger charge is -2.06. The number of nitrogens with zero attached hydrogens (tertiary/aromatic N) is 3. The zero-order valence-corrected chi connectivity index (χ0v) is 10.9. The Hall–Kier alpha value is -0.900. The third-order valence-electron chi connectivity index (χ3n) is 3.42. The van der Waals surface area contributed by atoms with Crippen LogP contribution in [0.2, 0.25) is 0 Å². The summed E-state index contributed by atoms with van der Waals surface area (Å²) in [5, 5.41) is 8.60. The van der Waals surface area contributed by atoms with E-state index in [1.54, 1.807) is 0 Å². The first kappa shape index (κ1) is 12.6. The maximum atomic E-state index is 5.62. The van der Waals surface area contributed by atoms with Gasteiger partial charge in [0.05, 0.1) is 11.4 Å². The first-order valence-electron chi connectivity index (χ1n) is 6.99. The third kappa shape index (κ3) is 3.28. The van der Waals surface area contributed by atoms with Crippen LogP contribution in [-0.4, -0.2) is 21.5 Å². The number of nitrogens with two attached hydrogens (primary N) is 1. The highest BCUT2D eigenvalue weighted by atomic mass is 15.4. The fraction of sp³-hybridized carbons (Fsp3) is 0.846. The Morgan fingerprint density at radius 1 is 1.29 bits per heavy atom. The number of rotatable bonds is 8. The van der Waals surface area contributed by atoms with Crippen LogP contribution < -0.4 is 5.73 Å². The molecule has 4 heteroatoms. The van der Waals surface area contributed by atoms with Gasteiger partial charge in [-0.25, -0.2) is 4.68 Å². The van der Waals surface area contributed by atoms with Crippen molar-refractivity contribution in [2.75, 3.05) is 6.54 Å². The first-order chi connectivity index (χ1) is 8.36. The molecule has 1 aromatic rings. The van der Waals surface area contributed by atoms with E-state index in [0.29, 0.717) is 6.54 Å². The van der Waals surface area contributed by atoms with Crippen molar-refractivity contribution >= 4 is 0 Å². The van der Waals surface area contributed by atoms with E-state index in [-0.39, 0.29) is 0 Å². The second kappa shape index (κ2) is 6.15. The molecule has 0 spiro atoms. The monoisotopic (exact) mass is 236 g/mol. The van der Waals surface area contributed by atoms with E-state index >= 15 is 0 Å². The quantitative estimate of drug-likeness (QED) is 0.704. The van der Waals surface area contributed by atoms with Gasteiger partial charge in [-0.3, -0.25) is 0 Å². The number of hydrogen-bond acceptors (Lipinski definition) is 3. The van der Waals surface area contributed by atoms with Crippen LogP contribution >= 0.6 is 0 Å². The highest BCUT2D eigenvalue weighted by Crippen LogP contribution is 2.41. The second-order valence-electron chi connectivity index (χ2n) is 5.02. The summed E-state index contributed by atoms with van der Waals surface area (Å²) in [4.78, 5) is 0. The van der Waals surface area contributed by atoms with Gasteiger partial charge in [-0.1, -0.05) is 31.4 Å². The van der Waals surface area contributed by atoms with Crippen LogP contribution in [0.1, 0.15) is 62.8 Å². The number of hydrogen-bond donors (Lipinski definition) is 1. The molecule has 0 aliphatic heterocycles. The van der Waals surface area contributed by atoms with Crippen LogP contribution in [0.4, 0.5) is 0 Å². The van der Waals surface area contributed by atoms with Crippen molar-refractivity contribution in [3.05, 3.63) is 11.4 Å². The molecule has 4 nitrogen and oxygen atoms in total. The molecular formula is C13H24N4. The van der Waals surface area contributed by atoms with Crippen LogP contribution in [0.25, 0.3) is 0 Å². The minimum absolute atomic E-state index is 0.675. The molecule has 0 amide bonds. The van der Waals surface area contributed by atoms with Gasteiger partial charge < -0.3 is 5.73 Å². The molecule has 0 unspecified atom stereocenters. The molecule has 0 atom stereocenters. The SMILES string of the molecule is CCCCCCn1nnc(CCN)c1C1CC1. The van der Waals surface area contributed by atoms with Crippen molar-refractivity contribution in [3.8, 4) is 0 Å². The summed E-state index contributed by atoms with van der Waals surface area (Å²) in [6, 6.07) is 0. The van der Waals surface area contributed by atoms with Crippen LogP contribution in [0.3, 0.4) is 0 Å². The molecule has 0 bridgehead atoms. The van der Waals surface area contributed by atoms with Crippen molar-refractivity contribution in [1.82, 2.24) is 15.0 Å². The van der Waals surface area contributed by atoms with Gasteiger partial charge in [0.25, 0.3) is 0 Å². The molecule has 96 valence electrons. The molecule has 1 heterocycles. The summed E-state index contributed by atoms with van der Waals surface area (Å²) in [6.07, 6.45) is 8.61. The number of aryl methyl sites for hydroxylation is 1. The van der Waals surface area contributed by atoms with Crippen LogP contribution in [-0.2, 0) is 13.0 Å². The van der Waals surface area contributed by atoms with Crippen LogP contribution in [0, 0.1) is 0 Å². The Morgan fingerprint density at radius 2 is 2.12 bits per heavy atom. The van der Waals surface area contributed by atoms with E-state index in [1.165, 1.54) is 44.2 Å². The van der Waals surface area contributed by atoms with E-state index in [0.717, 1.165) is 24.6 Å². The summed E-state index contributed by atoms with van der Waals surface area (Å²) in [5.41, 5.74) is 8.15. The van der Waals surface area contributed by atoms with Gasteiger partial charge in [0.1, 0.15) is 0 Å². The van der Waals surface area contributed by atoms with E-state index in [4.69, 9.17) is 5.73 Å². The summed E-state index contributed by atoms with van der Waals surface area (Å²) < 4.78 is 2.14. The summed E-state index contributed by atoms with van der Waals surface area (Å²) >= 11 is 0. The van der Waals surface area contributed by atoms with Gasteiger partial charge in [-0.05, 0) is 25.8 Å². The topological polar surface area (TPSA) is 56.7 Å². The van der Waals surface area contributed by atoms with Crippen molar-refractivity contribution in [3.63, 3.8) is 0 Å². The van der Waals surface area contributed by atoms with Crippen LogP contribution in [0.5, 0.6) is 0 Å². The van der Waals surface area contributed by atoms with Crippen molar-refractivity contribution < 1.29 is 0 Å². The molecule has 1 aliphatic carbocycles. The van der Waals surface area contributed by atoms with Gasteiger partial charge in [-0.15, -0.1) is 5.10 Å². The van der Waals surface area contributed by atoms with Gasteiger partial charge in [0.15, 0.2) is 0 Å². The zero-order valence-electron chi connectivity index (χ0n) is 10.9. The van der Waals surface area contributed by atoms with Crippen molar-refractivity contribution in [2.24, 2.45) is 5.73 Å². The van der Waals surface area contributed by atoms with E-state index in [9.17, 15) is 0 Å². The molecular weight excluding hydrogens is 212 g/mol. The molecule has 1 saturated carbocycles. The molecule has 0 aromatic carbocycles. The average molecular weight is 236 g/mol. The van der Waals surface area contributed by atoms with Crippen molar-refractivity contribution in [2.45, 2.75) is 64.3 Å². The maximum Gasteiger partial charge on any atom is 0.0874 e. The fourth-order valence-corrected chi connectivity index (χ4v) is 2.33. The fourth-order valence-electron chi connectivity index (χ4n) is 2.33. The molecule has 2 rings (SSSR count). The minimum Gasteiger partial charge on any atom is -0.330 e. The maximum absolute atomic E-state index is 5.62. The molecule has 1 fully saturated rings. The average Bonchev–Trinajstić information content (AvgIpc) is 3.09. The van der Waals surface area contributed by atoms with Gasteiger partial charge in [0.2, 0.25) is 0 Å². The van der Waals surface area contributed by atoms with E-state index in [2.05, 4.69) is 21.9 Å². The van der Waals surface area contributed by atoms with Gasteiger partial charge >= 0.3 is 0 Å². The highest BCUT2D eigenvalue weighted by molar-refractivity contribution is 5.20. The zero-order chi connectivity index (χ0) is 12.1. The Bertz CT molecular complexity index is 341. The Kier molecular flexibility index (Phi) is 4.54. The smallest absolute Gasteiger partial charge is 0.0874 e. The predicted molar refractivity (Wildman–Crippen MR) is 68.9 cm³/mol. The lowest BCUT2D eigenvalue weighted by atomic mass is 10.1. The van der Waals surface area contributed by atoms with Crippen LogP contribution in [0.15, 0.2) is 0 Å². The number of aromatic nitrogens is 3. The highest BCUT2D eigenvalue weighted by Gasteiger charge is 2.30. The summed E-state index contributed by atoms with van der Waals surface area (Å²) in [5.74, 6) is 0.720. The molecule has 1 aromatic heterocycles. The number of unbranched alkanes of at least 4 members (excludes halogenated alkanes) is 3. The Labute approximate surface area is 104 Å². The van der Waals surface area contributed by atoms with Gasteiger partial charge in [-0.2, -0.15) is 0 Å². The normalized spacial score (nSPS) is 15.4. The van der Waals surface area contributed by atoms with Gasteiger partial charge in [0, 0.05) is 18.9 Å². The summed E-state index contributed by atoms with van der Waals surface area (Å²) in [7, 11) is 0. The Balaban J connectivity index is 1.95. The molecule has 0 radical (unpaired) electrons. The second-order valence-corrected chi connectivity index (χ2v) is 5.02. The minimum atomic E-state index is 0.675. The summed E-state index contributed by atoms with van der Waals surface area (Å²) in [6.45, 7) is 3.95. The van der Waals surface area contributed by atoms with E-state index < -0.39 is 0 Å². The first-order valence-corrected chi connectivity index (χ1v) is 6.99. The lowest BCUT2D eigenvalue weighted by molar-refractivity contribution is 0.512. The third-order valence-corrected chi connectivity index (χ3v) is 3.42.